The summed E-state index contributed by atoms with van der Waals surface area (Å²) < 4.78 is 12.0. The number of aliphatic hydroxyl groups is 1. The second-order valence-electron chi connectivity index (χ2n) is 4.20. The van der Waals surface area contributed by atoms with Crippen LogP contribution in [0.1, 0.15) is 18.9 Å². The van der Waals surface area contributed by atoms with Crippen molar-refractivity contribution in [2.45, 2.75) is 20.0 Å². The highest BCUT2D eigenvalue weighted by atomic mass is 79.9. The van der Waals surface area contributed by atoms with Crippen molar-refractivity contribution in [3.63, 3.8) is 0 Å². The minimum Gasteiger partial charge on any atom is -0.494 e. The van der Waals surface area contributed by atoms with E-state index in [1.807, 2.05) is 24.3 Å². The van der Waals surface area contributed by atoms with Crippen LogP contribution in [0, 0.1) is 0 Å². The third-order valence-corrected chi connectivity index (χ3v) is 3.01. The molecule has 5 heteroatoms. The summed E-state index contributed by atoms with van der Waals surface area (Å²) in [5.41, 5.74) is 0.630. The normalized spacial score (nSPS) is 10.3. The lowest BCUT2D eigenvalue weighted by Crippen LogP contribution is -1.96. The number of nitrogens with zero attached hydrogens (tertiary/aromatic N) is 1. The largest absolute Gasteiger partial charge is 0.494 e. The first-order valence-electron chi connectivity index (χ1n) is 6.39. The van der Waals surface area contributed by atoms with Crippen molar-refractivity contribution in [2.24, 2.45) is 0 Å². The molecule has 106 valence electrons. The van der Waals surface area contributed by atoms with Crippen LogP contribution in [0.2, 0.25) is 0 Å². The molecule has 0 aliphatic rings. The third-order valence-electron chi connectivity index (χ3n) is 2.57. The van der Waals surface area contributed by atoms with Gasteiger partial charge in [0.15, 0.2) is 0 Å². The fourth-order valence-electron chi connectivity index (χ4n) is 1.61. The SMILES string of the molecule is CCCOc1ccc(Oc2ncc(Br)cc2CO)cc1. The van der Waals surface area contributed by atoms with Gasteiger partial charge in [-0.2, -0.15) is 0 Å². The van der Waals surface area contributed by atoms with Crippen molar-refractivity contribution in [1.82, 2.24) is 4.98 Å². The molecule has 0 saturated carbocycles. The predicted molar refractivity (Wildman–Crippen MR) is 80.2 cm³/mol. The summed E-state index contributed by atoms with van der Waals surface area (Å²) in [7, 11) is 0. The average molecular weight is 338 g/mol. The van der Waals surface area contributed by atoms with E-state index >= 15 is 0 Å². The summed E-state index contributed by atoms with van der Waals surface area (Å²) in [4.78, 5) is 4.16. The number of pyridine rings is 1. The maximum atomic E-state index is 9.30. The molecule has 2 aromatic rings. The van der Waals surface area contributed by atoms with E-state index in [9.17, 15) is 5.11 Å². The van der Waals surface area contributed by atoms with Crippen LogP contribution in [0.5, 0.6) is 17.4 Å². The summed E-state index contributed by atoms with van der Waals surface area (Å²) >= 11 is 3.31. The van der Waals surface area contributed by atoms with Gasteiger partial charge in [0.05, 0.1) is 13.2 Å². The Kier molecular flexibility index (Phi) is 5.38. The Balaban J connectivity index is 2.10. The van der Waals surface area contributed by atoms with Crippen molar-refractivity contribution >= 4 is 15.9 Å². The molecule has 4 nitrogen and oxygen atoms in total. The summed E-state index contributed by atoms with van der Waals surface area (Å²) in [6, 6.07) is 9.11. The van der Waals surface area contributed by atoms with E-state index < -0.39 is 0 Å². The van der Waals surface area contributed by atoms with Gasteiger partial charge in [0.1, 0.15) is 11.5 Å². The van der Waals surface area contributed by atoms with Gasteiger partial charge in [0, 0.05) is 16.2 Å². The molecule has 1 aromatic heterocycles. The molecule has 0 atom stereocenters. The predicted octanol–water partition coefficient (Wildman–Crippen LogP) is 3.92. The van der Waals surface area contributed by atoms with Crippen molar-refractivity contribution in [2.75, 3.05) is 6.61 Å². The fraction of sp³-hybridized carbons (Fsp3) is 0.267. The van der Waals surface area contributed by atoms with Crippen LogP contribution in [0.15, 0.2) is 41.0 Å². The lowest BCUT2D eigenvalue weighted by atomic mass is 10.3. The summed E-state index contributed by atoms with van der Waals surface area (Å²) in [6.45, 7) is 2.63. The van der Waals surface area contributed by atoms with Crippen LogP contribution in [0.3, 0.4) is 0 Å². The topological polar surface area (TPSA) is 51.6 Å². The first kappa shape index (κ1) is 14.8. The molecule has 1 aromatic carbocycles. The Bertz CT molecular complexity index is 558. The number of aliphatic hydroxyl groups excluding tert-OH is 1. The zero-order valence-corrected chi connectivity index (χ0v) is 12.8. The van der Waals surface area contributed by atoms with Crippen molar-refractivity contribution in [3.8, 4) is 17.4 Å². The molecular formula is C15H16BrNO3. The lowest BCUT2D eigenvalue weighted by Gasteiger charge is -2.10. The highest BCUT2D eigenvalue weighted by Gasteiger charge is 2.07. The summed E-state index contributed by atoms with van der Waals surface area (Å²) in [5, 5.41) is 9.30. The van der Waals surface area contributed by atoms with Crippen molar-refractivity contribution in [3.05, 3.63) is 46.6 Å². The Morgan fingerprint density at radius 1 is 1.20 bits per heavy atom. The van der Waals surface area contributed by atoms with Gasteiger partial charge < -0.3 is 14.6 Å². The van der Waals surface area contributed by atoms with E-state index in [4.69, 9.17) is 9.47 Å². The minimum absolute atomic E-state index is 0.126. The highest BCUT2D eigenvalue weighted by molar-refractivity contribution is 9.10. The standard InChI is InChI=1S/C15H16BrNO3/c1-2-7-19-13-3-5-14(6-4-13)20-15-11(10-18)8-12(16)9-17-15/h3-6,8-9,18H,2,7,10H2,1H3. The Morgan fingerprint density at radius 2 is 1.90 bits per heavy atom. The number of hydrogen-bond donors (Lipinski definition) is 1. The van der Waals surface area contributed by atoms with Gasteiger partial charge in [-0.3, -0.25) is 0 Å². The van der Waals surface area contributed by atoms with Gasteiger partial charge in [-0.25, -0.2) is 4.98 Å². The Morgan fingerprint density at radius 3 is 2.55 bits per heavy atom. The second-order valence-corrected chi connectivity index (χ2v) is 5.11. The third kappa shape index (κ3) is 3.95. The maximum Gasteiger partial charge on any atom is 0.224 e. The molecule has 1 N–H and O–H groups in total. The zero-order chi connectivity index (χ0) is 14.4. The molecule has 1 heterocycles. The molecule has 20 heavy (non-hydrogen) atoms. The monoisotopic (exact) mass is 337 g/mol. The number of halogens is 1. The van der Waals surface area contributed by atoms with Crippen LogP contribution in [-0.2, 0) is 6.61 Å². The molecule has 0 bridgehead atoms. The van der Waals surface area contributed by atoms with Gasteiger partial charge in [-0.15, -0.1) is 0 Å². The molecule has 0 amide bonds. The lowest BCUT2D eigenvalue weighted by molar-refractivity contribution is 0.275. The van der Waals surface area contributed by atoms with Crippen LogP contribution < -0.4 is 9.47 Å². The molecule has 0 fully saturated rings. The fourth-order valence-corrected chi connectivity index (χ4v) is 1.99. The number of ether oxygens (including phenoxy) is 2. The van der Waals surface area contributed by atoms with Crippen molar-refractivity contribution < 1.29 is 14.6 Å². The number of benzene rings is 1. The quantitative estimate of drug-likeness (QED) is 0.867. The first-order valence-corrected chi connectivity index (χ1v) is 7.18. The molecule has 0 spiro atoms. The van der Waals surface area contributed by atoms with E-state index in [1.165, 1.54) is 0 Å². The van der Waals surface area contributed by atoms with E-state index in [0.29, 0.717) is 23.8 Å². The van der Waals surface area contributed by atoms with Crippen LogP contribution in [0.4, 0.5) is 0 Å². The van der Waals surface area contributed by atoms with E-state index in [0.717, 1.165) is 16.6 Å². The molecule has 0 saturated heterocycles. The van der Waals surface area contributed by atoms with E-state index in [1.54, 1.807) is 12.3 Å². The average Bonchev–Trinajstić information content (AvgIpc) is 2.48. The van der Waals surface area contributed by atoms with Crippen molar-refractivity contribution in [1.29, 1.82) is 0 Å². The highest BCUT2D eigenvalue weighted by Crippen LogP contribution is 2.26. The van der Waals surface area contributed by atoms with Gasteiger partial charge in [-0.05, 0) is 52.7 Å². The van der Waals surface area contributed by atoms with Gasteiger partial charge >= 0.3 is 0 Å². The first-order chi connectivity index (χ1) is 9.72. The number of rotatable bonds is 6. The Hall–Kier alpha value is -1.59. The summed E-state index contributed by atoms with van der Waals surface area (Å²) in [5.74, 6) is 1.86. The summed E-state index contributed by atoms with van der Waals surface area (Å²) in [6.07, 6.45) is 2.61. The maximum absolute atomic E-state index is 9.30. The molecular weight excluding hydrogens is 322 g/mol. The smallest absolute Gasteiger partial charge is 0.224 e. The second kappa shape index (κ2) is 7.26. The minimum atomic E-state index is -0.126. The van der Waals surface area contributed by atoms with Crippen LogP contribution >= 0.6 is 15.9 Å². The molecule has 0 radical (unpaired) electrons. The molecule has 2 rings (SSSR count). The molecule has 0 aliphatic carbocycles. The van der Waals surface area contributed by atoms with Gasteiger partial charge in [0.2, 0.25) is 5.88 Å². The number of aromatic nitrogens is 1. The van der Waals surface area contributed by atoms with Gasteiger partial charge in [0.25, 0.3) is 0 Å². The van der Waals surface area contributed by atoms with Gasteiger partial charge in [-0.1, -0.05) is 6.92 Å². The van der Waals surface area contributed by atoms with Crippen LogP contribution in [-0.4, -0.2) is 16.7 Å². The zero-order valence-electron chi connectivity index (χ0n) is 11.2. The van der Waals surface area contributed by atoms with E-state index in [-0.39, 0.29) is 6.61 Å². The van der Waals surface area contributed by atoms with Crippen LogP contribution in [0.25, 0.3) is 0 Å². The molecule has 0 aliphatic heterocycles. The Labute approximate surface area is 126 Å². The van der Waals surface area contributed by atoms with E-state index in [2.05, 4.69) is 27.8 Å². The number of hydrogen-bond acceptors (Lipinski definition) is 4. The molecule has 0 unspecified atom stereocenters.